The van der Waals surface area contributed by atoms with Crippen LogP contribution in [-0.2, 0) is 6.54 Å². The third-order valence-corrected chi connectivity index (χ3v) is 6.82. The van der Waals surface area contributed by atoms with Crippen molar-refractivity contribution in [3.8, 4) is 0 Å². The molecule has 0 amide bonds. The molecule has 0 aliphatic carbocycles. The normalized spacial score (nSPS) is 26.9. The Bertz CT molecular complexity index is 850. The molecule has 3 aliphatic rings. The van der Waals surface area contributed by atoms with E-state index < -0.39 is 0 Å². The summed E-state index contributed by atoms with van der Waals surface area (Å²) in [5.74, 6) is 1.11. The molecule has 0 radical (unpaired) electrons. The van der Waals surface area contributed by atoms with Crippen LogP contribution < -0.4 is 5.32 Å². The number of benzene rings is 2. The van der Waals surface area contributed by atoms with Gasteiger partial charge in [0, 0.05) is 36.9 Å². The summed E-state index contributed by atoms with van der Waals surface area (Å²) in [6.45, 7) is 3.37. The number of piperidine rings is 3. The van der Waals surface area contributed by atoms with Crippen molar-refractivity contribution in [2.24, 2.45) is 5.92 Å². The van der Waals surface area contributed by atoms with Crippen molar-refractivity contribution in [2.75, 3.05) is 13.1 Å². The molecule has 1 N–H and O–H groups in total. The maximum Gasteiger partial charge on any atom is 0.0361 e. The minimum atomic E-state index is 0.357. The second-order valence-corrected chi connectivity index (χ2v) is 8.43. The average molecular weight is 384 g/mol. The summed E-state index contributed by atoms with van der Waals surface area (Å²) in [4.78, 5) is 7.02. The fourth-order valence-corrected chi connectivity index (χ4v) is 5.44. The smallest absolute Gasteiger partial charge is 0.0361 e. The number of pyridine rings is 1. The van der Waals surface area contributed by atoms with Gasteiger partial charge in [-0.2, -0.15) is 0 Å². The highest BCUT2D eigenvalue weighted by Crippen LogP contribution is 2.42. The fraction of sp³-hybridized carbons (Fsp3) is 0.346. The molecule has 148 valence electrons. The van der Waals surface area contributed by atoms with Crippen molar-refractivity contribution in [1.82, 2.24) is 15.2 Å². The van der Waals surface area contributed by atoms with Gasteiger partial charge < -0.3 is 5.32 Å². The quantitative estimate of drug-likeness (QED) is 0.681. The Hall–Kier alpha value is -2.49. The van der Waals surface area contributed by atoms with Crippen LogP contribution in [0.25, 0.3) is 0 Å². The van der Waals surface area contributed by atoms with Crippen LogP contribution in [0.2, 0.25) is 0 Å². The van der Waals surface area contributed by atoms with Gasteiger partial charge in [0.05, 0.1) is 0 Å². The Morgan fingerprint density at radius 2 is 1.45 bits per heavy atom. The lowest BCUT2D eigenvalue weighted by Gasteiger charge is -2.54. The lowest BCUT2D eigenvalue weighted by atomic mass is 9.70. The average Bonchev–Trinajstić information content (AvgIpc) is 2.81. The topological polar surface area (TPSA) is 28.2 Å². The Labute approximate surface area is 173 Å². The van der Waals surface area contributed by atoms with E-state index >= 15 is 0 Å². The highest BCUT2D eigenvalue weighted by molar-refractivity contribution is 5.35. The van der Waals surface area contributed by atoms with Crippen molar-refractivity contribution in [3.63, 3.8) is 0 Å². The second-order valence-electron chi connectivity index (χ2n) is 8.43. The minimum absolute atomic E-state index is 0.357. The van der Waals surface area contributed by atoms with E-state index in [1.54, 1.807) is 0 Å². The molecule has 4 heterocycles. The Morgan fingerprint density at radius 3 is 2.14 bits per heavy atom. The third-order valence-electron chi connectivity index (χ3n) is 6.82. The highest BCUT2D eigenvalue weighted by Gasteiger charge is 2.46. The lowest BCUT2D eigenvalue weighted by molar-refractivity contribution is 0.00467. The van der Waals surface area contributed by atoms with Crippen LogP contribution in [0.3, 0.4) is 0 Å². The maximum atomic E-state index is 4.28. The predicted molar refractivity (Wildman–Crippen MR) is 118 cm³/mol. The van der Waals surface area contributed by atoms with E-state index in [0.717, 1.165) is 12.5 Å². The van der Waals surface area contributed by atoms with Gasteiger partial charge in [-0.05, 0) is 60.7 Å². The number of rotatable bonds is 6. The summed E-state index contributed by atoms with van der Waals surface area (Å²) in [5.41, 5.74) is 4.14. The van der Waals surface area contributed by atoms with Gasteiger partial charge in [-0.25, -0.2) is 0 Å². The summed E-state index contributed by atoms with van der Waals surface area (Å²) >= 11 is 0. The molecule has 3 saturated heterocycles. The van der Waals surface area contributed by atoms with Gasteiger partial charge in [-0.15, -0.1) is 0 Å². The molecular formula is C26H29N3. The number of fused-ring (bicyclic) bond motifs is 3. The van der Waals surface area contributed by atoms with Crippen LogP contribution in [0, 0.1) is 5.92 Å². The van der Waals surface area contributed by atoms with Crippen LogP contribution in [-0.4, -0.2) is 35.1 Å². The zero-order valence-electron chi connectivity index (χ0n) is 16.8. The van der Waals surface area contributed by atoms with Gasteiger partial charge >= 0.3 is 0 Å². The van der Waals surface area contributed by atoms with Crippen molar-refractivity contribution >= 4 is 0 Å². The zero-order chi connectivity index (χ0) is 19.5. The van der Waals surface area contributed by atoms with E-state index in [1.165, 1.54) is 42.6 Å². The first-order valence-corrected chi connectivity index (χ1v) is 10.9. The van der Waals surface area contributed by atoms with E-state index in [-0.39, 0.29) is 0 Å². The van der Waals surface area contributed by atoms with Gasteiger partial charge in [0.2, 0.25) is 0 Å². The zero-order valence-corrected chi connectivity index (χ0v) is 16.8. The number of hydrogen-bond acceptors (Lipinski definition) is 3. The highest BCUT2D eigenvalue weighted by atomic mass is 15.2. The summed E-state index contributed by atoms with van der Waals surface area (Å²) < 4.78 is 0. The maximum absolute atomic E-state index is 4.28. The van der Waals surface area contributed by atoms with E-state index in [0.29, 0.717) is 18.0 Å². The second kappa shape index (κ2) is 8.48. The molecule has 3 aliphatic heterocycles. The molecule has 3 nitrogen and oxygen atoms in total. The third kappa shape index (κ3) is 3.85. The van der Waals surface area contributed by atoms with Crippen molar-refractivity contribution in [2.45, 2.75) is 37.4 Å². The molecule has 6 rings (SSSR count). The molecule has 3 atom stereocenters. The number of aromatic nitrogens is 1. The van der Waals surface area contributed by atoms with Gasteiger partial charge in [-0.3, -0.25) is 9.88 Å². The first-order chi connectivity index (χ1) is 14.4. The molecule has 29 heavy (non-hydrogen) atoms. The van der Waals surface area contributed by atoms with Crippen molar-refractivity contribution < 1.29 is 0 Å². The molecule has 0 spiro atoms. The molecule has 3 aromatic rings. The summed E-state index contributed by atoms with van der Waals surface area (Å²) in [6.07, 6.45) is 6.49. The minimum Gasteiger partial charge on any atom is -0.308 e. The van der Waals surface area contributed by atoms with E-state index in [4.69, 9.17) is 0 Å². The molecule has 3 heteroatoms. The molecule has 2 bridgehead atoms. The van der Waals surface area contributed by atoms with Crippen LogP contribution >= 0.6 is 0 Å². The van der Waals surface area contributed by atoms with Crippen molar-refractivity contribution in [3.05, 3.63) is 102 Å². The first-order valence-electron chi connectivity index (χ1n) is 10.9. The summed E-state index contributed by atoms with van der Waals surface area (Å²) in [6, 6.07) is 27.2. The lowest BCUT2D eigenvalue weighted by Crippen LogP contribution is -2.64. The number of hydrogen-bond donors (Lipinski definition) is 1. The van der Waals surface area contributed by atoms with E-state index in [2.05, 4.69) is 88.0 Å². The van der Waals surface area contributed by atoms with Gasteiger partial charge in [0.15, 0.2) is 0 Å². The van der Waals surface area contributed by atoms with E-state index in [9.17, 15) is 0 Å². The predicted octanol–water partition coefficient (Wildman–Crippen LogP) is 4.47. The fourth-order valence-electron chi connectivity index (χ4n) is 5.44. The molecule has 0 unspecified atom stereocenters. The number of nitrogens with zero attached hydrogens (tertiary/aromatic N) is 2. The van der Waals surface area contributed by atoms with Crippen molar-refractivity contribution in [1.29, 1.82) is 0 Å². The van der Waals surface area contributed by atoms with Gasteiger partial charge in [0.1, 0.15) is 0 Å². The molecule has 3 fully saturated rings. The first kappa shape index (κ1) is 18.5. The largest absolute Gasteiger partial charge is 0.308 e. The van der Waals surface area contributed by atoms with Crippen LogP contribution in [0.5, 0.6) is 0 Å². The van der Waals surface area contributed by atoms with E-state index in [1.807, 2.05) is 12.4 Å². The van der Waals surface area contributed by atoms with Crippen LogP contribution in [0.15, 0.2) is 85.2 Å². The van der Waals surface area contributed by atoms with Crippen LogP contribution in [0.4, 0.5) is 0 Å². The SMILES string of the molecule is c1ccc(CN[C@@H]2C3CCN(CC3)[C@@H]2[C@@H](c2ccccc2)c2ccncc2)cc1. The molecular weight excluding hydrogens is 354 g/mol. The Balaban J connectivity index is 1.50. The Kier molecular flexibility index (Phi) is 5.42. The molecule has 1 aromatic heterocycles. The van der Waals surface area contributed by atoms with Gasteiger partial charge in [0.25, 0.3) is 0 Å². The van der Waals surface area contributed by atoms with Crippen LogP contribution in [0.1, 0.15) is 35.4 Å². The summed E-state index contributed by atoms with van der Waals surface area (Å²) in [7, 11) is 0. The number of nitrogens with one attached hydrogen (secondary N) is 1. The molecule has 2 aromatic carbocycles. The van der Waals surface area contributed by atoms with Gasteiger partial charge in [-0.1, -0.05) is 60.7 Å². The Morgan fingerprint density at radius 1 is 0.828 bits per heavy atom. The summed E-state index contributed by atoms with van der Waals surface area (Å²) in [5, 5.41) is 3.98. The standard InChI is InChI=1S/C26H29N3/c1-3-7-20(8-4-1)19-28-25-23-13-17-29(18-14-23)26(25)24(21-9-5-2-6-10-21)22-11-15-27-16-12-22/h1-12,15-16,23-26,28H,13-14,17-19H2/t24-,25+,26+/m0/s1. The monoisotopic (exact) mass is 383 g/mol. The molecule has 0 saturated carbocycles.